The van der Waals surface area contributed by atoms with Crippen molar-refractivity contribution >= 4 is 24.4 Å². The van der Waals surface area contributed by atoms with Crippen molar-refractivity contribution in [2.75, 3.05) is 50.8 Å². The molecule has 0 atom stereocenters. The van der Waals surface area contributed by atoms with Crippen LogP contribution < -0.4 is 16.0 Å². The molecular formula is C15H35N3S2. The van der Waals surface area contributed by atoms with Crippen molar-refractivity contribution in [3.8, 4) is 0 Å². The number of rotatable bonds is 14. The van der Waals surface area contributed by atoms with Crippen LogP contribution in [0.25, 0.3) is 0 Å². The fraction of sp³-hybridized carbons (Fsp3) is 1.00. The van der Waals surface area contributed by atoms with E-state index in [4.69, 9.17) is 0 Å². The minimum atomic E-state index is 0.396. The molecule has 0 aliphatic heterocycles. The van der Waals surface area contributed by atoms with Crippen molar-refractivity contribution in [1.82, 2.24) is 16.0 Å². The Bertz CT molecular complexity index is 196. The lowest BCUT2D eigenvalue weighted by Gasteiger charge is -2.17. The molecule has 0 aromatic heterocycles. The third-order valence-electron chi connectivity index (χ3n) is 2.77. The Morgan fingerprint density at radius 2 is 1.25 bits per heavy atom. The van der Waals surface area contributed by atoms with Gasteiger partial charge in [-0.15, -0.1) is 0 Å². The van der Waals surface area contributed by atoms with E-state index < -0.39 is 0 Å². The van der Waals surface area contributed by atoms with Crippen LogP contribution in [0, 0.1) is 0 Å². The van der Waals surface area contributed by atoms with Crippen LogP contribution in [0.5, 0.6) is 0 Å². The van der Waals surface area contributed by atoms with Gasteiger partial charge in [0, 0.05) is 29.3 Å². The number of unbranched alkanes of at least 4 members (excludes halogenated alkanes) is 1. The second kappa shape index (κ2) is 14.5. The summed E-state index contributed by atoms with van der Waals surface area (Å²) in [5.41, 5.74) is 0. The third-order valence-corrected chi connectivity index (χ3v) is 4.26. The second-order valence-corrected chi connectivity index (χ2v) is 8.36. The van der Waals surface area contributed by atoms with Gasteiger partial charge in [0.15, 0.2) is 0 Å². The minimum absolute atomic E-state index is 0.396. The van der Waals surface area contributed by atoms with E-state index in [-0.39, 0.29) is 0 Å². The summed E-state index contributed by atoms with van der Waals surface area (Å²) in [6.45, 7) is 13.5. The lowest BCUT2D eigenvalue weighted by Crippen LogP contribution is -2.25. The van der Waals surface area contributed by atoms with Gasteiger partial charge in [0.1, 0.15) is 0 Å². The molecule has 0 rings (SSSR count). The van der Waals surface area contributed by atoms with Crippen LogP contribution in [0.1, 0.15) is 40.0 Å². The van der Waals surface area contributed by atoms with Gasteiger partial charge in [-0.25, -0.2) is 0 Å². The zero-order valence-electron chi connectivity index (χ0n) is 13.6. The molecule has 5 heteroatoms. The van der Waals surface area contributed by atoms with E-state index in [0.717, 1.165) is 45.0 Å². The summed E-state index contributed by atoms with van der Waals surface area (Å²) in [4.78, 5) is 0. The minimum Gasteiger partial charge on any atom is -0.317 e. The molecule has 3 nitrogen and oxygen atoms in total. The predicted molar refractivity (Wildman–Crippen MR) is 98.5 cm³/mol. The van der Waals surface area contributed by atoms with Gasteiger partial charge in [0.05, 0.1) is 0 Å². The van der Waals surface area contributed by atoms with Crippen molar-refractivity contribution in [3.05, 3.63) is 0 Å². The van der Waals surface area contributed by atoms with Crippen molar-refractivity contribution < 1.29 is 0 Å². The summed E-state index contributed by atoms with van der Waals surface area (Å²) < 4.78 is 0.396. The number of thioether (sulfide) groups is 1. The molecule has 0 spiro atoms. The third kappa shape index (κ3) is 18.6. The van der Waals surface area contributed by atoms with Crippen LogP contribution in [-0.2, 0) is 0 Å². The molecule has 0 amide bonds. The summed E-state index contributed by atoms with van der Waals surface area (Å²) in [6.07, 6.45) is 3.74. The first-order valence-electron chi connectivity index (χ1n) is 7.93. The number of hydrogen-bond donors (Lipinski definition) is 4. The Morgan fingerprint density at radius 3 is 1.80 bits per heavy atom. The van der Waals surface area contributed by atoms with E-state index in [1.54, 1.807) is 0 Å². The zero-order valence-corrected chi connectivity index (χ0v) is 15.3. The monoisotopic (exact) mass is 321 g/mol. The molecule has 3 N–H and O–H groups in total. The van der Waals surface area contributed by atoms with Crippen LogP contribution in [0.4, 0.5) is 0 Å². The summed E-state index contributed by atoms with van der Waals surface area (Å²) in [6, 6.07) is 0. The van der Waals surface area contributed by atoms with Crippen molar-refractivity contribution in [2.24, 2.45) is 0 Å². The van der Waals surface area contributed by atoms with Gasteiger partial charge in [-0.1, -0.05) is 20.8 Å². The average Bonchev–Trinajstić information content (AvgIpc) is 2.38. The van der Waals surface area contributed by atoms with Gasteiger partial charge >= 0.3 is 0 Å². The van der Waals surface area contributed by atoms with Gasteiger partial charge in [-0.3, -0.25) is 0 Å². The topological polar surface area (TPSA) is 36.1 Å². The Kier molecular flexibility index (Phi) is 14.9. The Hall–Kier alpha value is 0.580. The SMILES string of the molecule is CC(C)(C)SCCNCCCCNCCCNCCS. The van der Waals surface area contributed by atoms with E-state index in [0.29, 0.717) is 4.75 Å². The van der Waals surface area contributed by atoms with Crippen molar-refractivity contribution in [1.29, 1.82) is 0 Å². The average molecular weight is 322 g/mol. The second-order valence-electron chi connectivity index (χ2n) is 6.00. The van der Waals surface area contributed by atoms with E-state index in [1.807, 2.05) is 11.8 Å². The molecule has 0 aliphatic rings. The summed E-state index contributed by atoms with van der Waals surface area (Å²) in [5, 5.41) is 10.4. The largest absolute Gasteiger partial charge is 0.317 e. The highest BCUT2D eigenvalue weighted by Crippen LogP contribution is 2.21. The van der Waals surface area contributed by atoms with Gasteiger partial charge in [-0.2, -0.15) is 24.4 Å². The first-order chi connectivity index (χ1) is 9.56. The molecular weight excluding hydrogens is 286 g/mol. The van der Waals surface area contributed by atoms with Crippen molar-refractivity contribution in [3.63, 3.8) is 0 Å². The van der Waals surface area contributed by atoms with Crippen LogP contribution >= 0.6 is 24.4 Å². The molecule has 0 fully saturated rings. The van der Waals surface area contributed by atoms with Crippen LogP contribution in [0.15, 0.2) is 0 Å². The number of hydrogen-bond acceptors (Lipinski definition) is 5. The van der Waals surface area contributed by atoms with Gasteiger partial charge in [0.25, 0.3) is 0 Å². The van der Waals surface area contributed by atoms with E-state index in [2.05, 4.69) is 49.4 Å². The van der Waals surface area contributed by atoms with Gasteiger partial charge < -0.3 is 16.0 Å². The molecule has 0 saturated heterocycles. The molecule has 0 aromatic carbocycles. The summed E-state index contributed by atoms with van der Waals surface area (Å²) in [7, 11) is 0. The molecule has 0 saturated carbocycles. The highest BCUT2D eigenvalue weighted by Gasteiger charge is 2.08. The van der Waals surface area contributed by atoms with Crippen molar-refractivity contribution in [2.45, 2.75) is 44.8 Å². The standard InChI is InChI=1S/C15H35N3S2/c1-15(2,3)20-14-12-18-8-5-4-7-16-9-6-10-17-11-13-19/h16-19H,4-14H2,1-3H3. The van der Waals surface area contributed by atoms with Gasteiger partial charge in [0.2, 0.25) is 0 Å². The molecule has 0 bridgehead atoms. The lowest BCUT2D eigenvalue weighted by molar-refractivity contribution is 0.568. The smallest absolute Gasteiger partial charge is 0.00755 e. The quantitative estimate of drug-likeness (QED) is 0.293. The zero-order chi connectivity index (χ0) is 15.1. The molecule has 20 heavy (non-hydrogen) atoms. The number of nitrogens with one attached hydrogen (secondary N) is 3. The maximum absolute atomic E-state index is 4.16. The van der Waals surface area contributed by atoms with Crippen LogP contribution in [0.3, 0.4) is 0 Å². The molecule has 0 aromatic rings. The highest BCUT2D eigenvalue weighted by molar-refractivity contribution is 8.00. The summed E-state index contributed by atoms with van der Waals surface area (Å²) >= 11 is 6.19. The van der Waals surface area contributed by atoms with E-state index >= 15 is 0 Å². The first-order valence-corrected chi connectivity index (χ1v) is 9.55. The summed E-state index contributed by atoms with van der Waals surface area (Å²) in [5.74, 6) is 2.13. The fourth-order valence-corrected chi connectivity index (χ4v) is 2.74. The Morgan fingerprint density at radius 1 is 0.750 bits per heavy atom. The molecule has 122 valence electrons. The normalized spacial score (nSPS) is 12.0. The predicted octanol–water partition coefficient (Wildman–Crippen LogP) is 2.39. The maximum atomic E-state index is 4.16. The molecule has 0 heterocycles. The van der Waals surface area contributed by atoms with Crippen LogP contribution in [0.2, 0.25) is 0 Å². The molecule has 0 unspecified atom stereocenters. The Labute approximate surface area is 136 Å². The molecule has 0 aliphatic carbocycles. The Balaban J connectivity index is 2.99. The lowest BCUT2D eigenvalue weighted by atomic mass is 10.3. The first kappa shape index (κ1) is 20.6. The van der Waals surface area contributed by atoms with E-state index in [1.165, 1.54) is 25.0 Å². The van der Waals surface area contributed by atoms with E-state index in [9.17, 15) is 0 Å². The molecule has 0 radical (unpaired) electrons. The fourth-order valence-electron chi connectivity index (χ4n) is 1.72. The highest BCUT2D eigenvalue weighted by atomic mass is 32.2. The van der Waals surface area contributed by atoms with Gasteiger partial charge in [-0.05, 0) is 45.4 Å². The van der Waals surface area contributed by atoms with Crippen LogP contribution in [-0.4, -0.2) is 55.5 Å². The maximum Gasteiger partial charge on any atom is 0.00755 e. The number of thiol groups is 1.